The summed E-state index contributed by atoms with van der Waals surface area (Å²) in [5.41, 5.74) is 10.6. The number of hydrogen-bond acceptors (Lipinski definition) is 2. The van der Waals surface area contributed by atoms with Gasteiger partial charge in [-0.3, -0.25) is 0 Å². The molecule has 1 heterocycles. The molecule has 0 aliphatic heterocycles. The summed E-state index contributed by atoms with van der Waals surface area (Å²) in [6.07, 6.45) is 5.88. The van der Waals surface area contributed by atoms with E-state index >= 15 is 0 Å². The monoisotopic (exact) mass is 347 g/mol. The summed E-state index contributed by atoms with van der Waals surface area (Å²) in [6, 6.07) is 16.7. The van der Waals surface area contributed by atoms with Crippen LogP contribution < -0.4 is 11.1 Å². The Balaban J connectivity index is 1.34. The van der Waals surface area contributed by atoms with E-state index in [2.05, 4.69) is 50.2 Å². The molecule has 3 aromatic rings. The highest BCUT2D eigenvalue weighted by atomic mass is 15.1. The quantitative estimate of drug-likeness (QED) is 0.531. The number of nitrogens with two attached hydrogens (primary N) is 1. The molecule has 0 atom stereocenters. The average Bonchev–Trinajstić information content (AvgIpc) is 3.03. The van der Waals surface area contributed by atoms with Crippen LogP contribution in [-0.4, -0.2) is 22.1 Å². The third kappa shape index (κ3) is 3.87. The molecule has 1 fully saturated rings. The number of rotatable bonds is 6. The van der Waals surface area contributed by atoms with Crippen molar-refractivity contribution in [2.24, 2.45) is 16.6 Å². The lowest BCUT2D eigenvalue weighted by Gasteiger charge is -2.25. The second-order valence-electron chi connectivity index (χ2n) is 7.06. The van der Waals surface area contributed by atoms with Crippen molar-refractivity contribution in [3.05, 3.63) is 66.0 Å². The summed E-state index contributed by atoms with van der Waals surface area (Å²) in [7, 11) is 0. The third-order valence-electron chi connectivity index (χ3n) is 5.13. The molecule has 26 heavy (non-hydrogen) atoms. The molecule has 0 amide bonds. The van der Waals surface area contributed by atoms with Gasteiger partial charge in [-0.2, -0.15) is 0 Å². The number of benzene rings is 2. The molecular formula is C21H25N5. The summed E-state index contributed by atoms with van der Waals surface area (Å²) in [5.74, 6) is 1.33. The number of fused-ring (bicyclic) bond motifs is 1. The molecule has 1 aliphatic rings. The summed E-state index contributed by atoms with van der Waals surface area (Å²) in [6.45, 7) is 2.38. The van der Waals surface area contributed by atoms with Crippen molar-refractivity contribution in [3.63, 3.8) is 0 Å². The Morgan fingerprint density at radius 1 is 1.12 bits per heavy atom. The number of aromatic nitrogens is 2. The van der Waals surface area contributed by atoms with Gasteiger partial charge in [0, 0.05) is 13.1 Å². The molecule has 1 aliphatic carbocycles. The van der Waals surface area contributed by atoms with Gasteiger partial charge < -0.3 is 15.6 Å². The largest absolute Gasteiger partial charge is 0.370 e. The Hall–Kier alpha value is -2.82. The smallest absolute Gasteiger partial charge is 0.188 e. The predicted molar refractivity (Wildman–Crippen MR) is 106 cm³/mol. The van der Waals surface area contributed by atoms with Crippen LogP contribution in [-0.2, 0) is 13.1 Å². The molecule has 0 spiro atoms. The molecule has 0 bridgehead atoms. The zero-order valence-electron chi connectivity index (χ0n) is 14.9. The first-order valence-electron chi connectivity index (χ1n) is 9.29. The molecular weight excluding hydrogens is 322 g/mol. The van der Waals surface area contributed by atoms with Gasteiger partial charge >= 0.3 is 0 Å². The Labute approximate surface area is 154 Å². The molecule has 0 saturated heterocycles. The van der Waals surface area contributed by atoms with E-state index < -0.39 is 0 Å². The molecule has 3 N–H and O–H groups in total. The topological polar surface area (TPSA) is 68.2 Å². The van der Waals surface area contributed by atoms with Crippen LogP contribution in [0.2, 0.25) is 0 Å². The zero-order valence-corrected chi connectivity index (χ0v) is 14.9. The summed E-state index contributed by atoms with van der Waals surface area (Å²) >= 11 is 0. The van der Waals surface area contributed by atoms with Gasteiger partial charge in [-0.05, 0) is 42.0 Å². The van der Waals surface area contributed by atoms with Gasteiger partial charge in [0.25, 0.3) is 0 Å². The van der Waals surface area contributed by atoms with E-state index in [-0.39, 0.29) is 0 Å². The van der Waals surface area contributed by atoms with E-state index in [9.17, 15) is 0 Å². The molecule has 1 aromatic heterocycles. The first-order chi connectivity index (χ1) is 12.8. The van der Waals surface area contributed by atoms with E-state index in [1.165, 1.54) is 24.8 Å². The highest BCUT2D eigenvalue weighted by molar-refractivity contribution is 5.77. The number of imidazole rings is 1. The average molecular weight is 347 g/mol. The van der Waals surface area contributed by atoms with Crippen LogP contribution in [0.25, 0.3) is 11.0 Å². The van der Waals surface area contributed by atoms with Gasteiger partial charge in [0.1, 0.15) is 0 Å². The van der Waals surface area contributed by atoms with Crippen molar-refractivity contribution < 1.29 is 0 Å². The minimum Gasteiger partial charge on any atom is -0.370 e. The fourth-order valence-electron chi connectivity index (χ4n) is 3.26. The highest BCUT2D eigenvalue weighted by Crippen LogP contribution is 2.25. The second kappa shape index (κ2) is 7.60. The summed E-state index contributed by atoms with van der Waals surface area (Å²) < 4.78 is 2.17. The Kier molecular flexibility index (Phi) is 4.86. The second-order valence-corrected chi connectivity index (χ2v) is 7.06. The lowest BCUT2D eigenvalue weighted by molar-refractivity contribution is 0.315. The fraction of sp³-hybridized carbons (Fsp3) is 0.333. The lowest BCUT2D eigenvalue weighted by Crippen LogP contribution is -2.37. The maximum Gasteiger partial charge on any atom is 0.188 e. The Bertz CT molecular complexity index is 890. The zero-order chi connectivity index (χ0) is 17.8. The number of nitrogens with one attached hydrogen (secondary N) is 1. The standard InChI is InChI=1S/C21H25N5/c22-21(23-12-16-4-3-5-16)24-13-17-8-10-18(11-9-17)14-26-15-25-19-6-1-2-7-20(19)26/h1-2,6-11,15-16H,3-5,12-14H2,(H3,22,23,24). The molecule has 0 radical (unpaired) electrons. The minimum absolute atomic E-state index is 0.547. The predicted octanol–water partition coefficient (Wildman–Crippen LogP) is 3.29. The van der Waals surface area contributed by atoms with E-state index in [0.717, 1.165) is 35.6 Å². The normalized spacial score (nSPS) is 15.2. The van der Waals surface area contributed by atoms with Crippen molar-refractivity contribution in [3.8, 4) is 0 Å². The SMILES string of the molecule is NC(=NCc1ccc(Cn2cnc3ccccc32)cc1)NCC1CCC1. The van der Waals surface area contributed by atoms with E-state index in [1.807, 2.05) is 24.5 Å². The fourth-order valence-corrected chi connectivity index (χ4v) is 3.26. The van der Waals surface area contributed by atoms with Gasteiger partial charge in [0.05, 0.1) is 23.9 Å². The molecule has 5 nitrogen and oxygen atoms in total. The van der Waals surface area contributed by atoms with Gasteiger partial charge in [-0.25, -0.2) is 9.98 Å². The van der Waals surface area contributed by atoms with E-state index in [4.69, 9.17) is 5.73 Å². The first kappa shape index (κ1) is 16.6. The lowest BCUT2D eigenvalue weighted by atomic mass is 9.85. The molecule has 0 unspecified atom stereocenters. The molecule has 1 saturated carbocycles. The van der Waals surface area contributed by atoms with Crippen LogP contribution in [0.1, 0.15) is 30.4 Å². The van der Waals surface area contributed by atoms with Crippen LogP contribution in [0.4, 0.5) is 0 Å². The highest BCUT2D eigenvalue weighted by Gasteiger charge is 2.16. The van der Waals surface area contributed by atoms with Crippen molar-refractivity contribution in [1.29, 1.82) is 0 Å². The number of guanidine groups is 1. The molecule has 4 rings (SSSR count). The molecule has 5 heteroatoms. The van der Waals surface area contributed by atoms with Crippen molar-refractivity contribution >= 4 is 17.0 Å². The van der Waals surface area contributed by atoms with Crippen LogP contribution in [0.3, 0.4) is 0 Å². The molecule has 134 valence electrons. The Morgan fingerprint density at radius 3 is 2.65 bits per heavy atom. The van der Waals surface area contributed by atoms with Crippen molar-refractivity contribution in [2.75, 3.05) is 6.54 Å². The van der Waals surface area contributed by atoms with Crippen molar-refractivity contribution in [1.82, 2.24) is 14.9 Å². The van der Waals surface area contributed by atoms with E-state index in [0.29, 0.717) is 12.5 Å². The molecule has 2 aromatic carbocycles. The first-order valence-corrected chi connectivity index (χ1v) is 9.29. The van der Waals surface area contributed by atoms with E-state index in [1.54, 1.807) is 0 Å². The van der Waals surface area contributed by atoms with Crippen LogP contribution in [0.15, 0.2) is 59.9 Å². The van der Waals surface area contributed by atoms with Crippen LogP contribution in [0.5, 0.6) is 0 Å². The minimum atomic E-state index is 0.547. The third-order valence-corrected chi connectivity index (χ3v) is 5.13. The van der Waals surface area contributed by atoms with Gasteiger partial charge in [0.15, 0.2) is 5.96 Å². The van der Waals surface area contributed by atoms with Gasteiger partial charge in [-0.1, -0.05) is 42.8 Å². The van der Waals surface area contributed by atoms with Crippen LogP contribution >= 0.6 is 0 Å². The summed E-state index contributed by atoms with van der Waals surface area (Å²) in [4.78, 5) is 8.88. The Morgan fingerprint density at radius 2 is 1.88 bits per heavy atom. The summed E-state index contributed by atoms with van der Waals surface area (Å²) in [5, 5.41) is 3.23. The van der Waals surface area contributed by atoms with Crippen LogP contribution in [0, 0.1) is 5.92 Å². The maximum absolute atomic E-state index is 5.95. The van der Waals surface area contributed by atoms with Gasteiger partial charge in [0.2, 0.25) is 0 Å². The maximum atomic E-state index is 5.95. The number of hydrogen-bond donors (Lipinski definition) is 2. The van der Waals surface area contributed by atoms with Gasteiger partial charge in [-0.15, -0.1) is 0 Å². The van der Waals surface area contributed by atoms with Crippen molar-refractivity contribution in [2.45, 2.75) is 32.4 Å². The number of nitrogens with zero attached hydrogens (tertiary/aromatic N) is 3. The number of aliphatic imine (C=N–C) groups is 1. The number of para-hydroxylation sites is 2.